The smallest absolute Gasteiger partial charge is 0.172 e. The van der Waals surface area contributed by atoms with Crippen LogP contribution in [-0.4, -0.2) is 11.3 Å². The van der Waals surface area contributed by atoms with E-state index in [1.807, 2.05) is 30.3 Å². The summed E-state index contributed by atoms with van der Waals surface area (Å²) in [5, 5.41) is 0. The van der Waals surface area contributed by atoms with Crippen molar-refractivity contribution in [1.82, 2.24) is 4.98 Å². The average molecular weight is 297 g/mol. The van der Waals surface area contributed by atoms with Crippen LogP contribution in [0, 0.1) is 0 Å². The van der Waals surface area contributed by atoms with E-state index < -0.39 is 0 Å². The van der Waals surface area contributed by atoms with Crippen LogP contribution < -0.4 is 4.74 Å². The minimum Gasteiger partial charge on any atom is -0.486 e. The predicted octanol–water partition coefficient (Wildman–Crippen LogP) is 3.84. The molecule has 22 heavy (non-hydrogen) atoms. The number of aromatic nitrogens is 1. The lowest BCUT2D eigenvalue weighted by Crippen LogP contribution is -2.04. The zero-order valence-corrected chi connectivity index (χ0v) is 12.6. The molecule has 0 saturated carbocycles. The van der Waals surface area contributed by atoms with Crippen molar-refractivity contribution in [3.63, 3.8) is 0 Å². The Morgan fingerprint density at radius 2 is 2.18 bits per heavy atom. The second-order valence-corrected chi connectivity index (χ2v) is 5.39. The Hall–Kier alpha value is -2.20. The van der Waals surface area contributed by atoms with Gasteiger partial charge in [0.05, 0.1) is 12.7 Å². The van der Waals surface area contributed by atoms with E-state index in [9.17, 15) is 4.79 Å². The van der Waals surface area contributed by atoms with Crippen LogP contribution in [-0.2, 0) is 18.0 Å². The summed E-state index contributed by atoms with van der Waals surface area (Å²) in [6.07, 6.45) is 4.55. The second kappa shape index (κ2) is 6.71. The van der Waals surface area contributed by atoms with Crippen molar-refractivity contribution < 1.29 is 14.3 Å². The third-order valence-electron chi connectivity index (χ3n) is 3.86. The number of pyridine rings is 1. The molecule has 0 spiro atoms. The molecule has 1 aromatic heterocycles. The molecule has 0 aliphatic carbocycles. The molecule has 0 radical (unpaired) electrons. The Bertz CT molecular complexity index is 655. The van der Waals surface area contributed by atoms with Crippen molar-refractivity contribution in [1.29, 1.82) is 0 Å². The molecule has 114 valence electrons. The Labute approximate surface area is 130 Å². The van der Waals surface area contributed by atoms with Crippen molar-refractivity contribution >= 4 is 6.29 Å². The summed E-state index contributed by atoms with van der Waals surface area (Å²) in [5.74, 6) is 0.565. The topological polar surface area (TPSA) is 48.4 Å². The highest BCUT2D eigenvalue weighted by Crippen LogP contribution is 2.39. The zero-order chi connectivity index (χ0) is 15.4. The first kappa shape index (κ1) is 14.7. The first-order chi connectivity index (χ1) is 10.8. The predicted molar refractivity (Wildman–Crippen MR) is 82.8 cm³/mol. The molecular weight excluding hydrogens is 278 g/mol. The van der Waals surface area contributed by atoms with Gasteiger partial charge in [0.2, 0.25) is 0 Å². The van der Waals surface area contributed by atoms with Gasteiger partial charge in [-0.05, 0) is 12.0 Å². The number of hydrogen-bond donors (Lipinski definition) is 0. The second-order valence-electron chi connectivity index (χ2n) is 5.39. The Balaban J connectivity index is 1.87. The first-order valence-corrected chi connectivity index (χ1v) is 7.58. The molecule has 0 saturated heterocycles. The van der Waals surface area contributed by atoms with Gasteiger partial charge in [0, 0.05) is 17.3 Å². The summed E-state index contributed by atoms with van der Waals surface area (Å²) in [4.78, 5) is 15.5. The molecule has 1 atom stereocenters. The molecule has 0 fully saturated rings. The van der Waals surface area contributed by atoms with Gasteiger partial charge in [0.15, 0.2) is 12.0 Å². The number of fused-ring (bicyclic) bond motifs is 1. The Morgan fingerprint density at radius 1 is 1.36 bits per heavy atom. The third-order valence-corrected chi connectivity index (χ3v) is 3.86. The Kier molecular flexibility index (Phi) is 4.49. The molecule has 2 heterocycles. The maximum absolute atomic E-state index is 11.3. The van der Waals surface area contributed by atoms with Gasteiger partial charge in [-0.3, -0.25) is 4.79 Å². The van der Waals surface area contributed by atoms with E-state index in [1.54, 1.807) is 6.20 Å². The van der Waals surface area contributed by atoms with Crippen LogP contribution in [0.2, 0.25) is 0 Å². The van der Waals surface area contributed by atoms with Gasteiger partial charge in [-0.2, -0.15) is 0 Å². The summed E-state index contributed by atoms with van der Waals surface area (Å²) < 4.78 is 11.7. The molecule has 1 unspecified atom stereocenters. The van der Waals surface area contributed by atoms with Gasteiger partial charge in [-0.15, -0.1) is 0 Å². The quantitative estimate of drug-likeness (QED) is 0.760. The van der Waals surface area contributed by atoms with E-state index in [-0.39, 0.29) is 6.10 Å². The van der Waals surface area contributed by atoms with Crippen molar-refractivity contribution in [2.45, 2.75) is 39.1 Å². The van der Waals surface area contributed by atoms with Gasteiger partial charge in [0.1, 0.15) is 12.3 Å². The number of nitrogens with zero attached hydrogens (tertiary/aromatic N) is 1. The van der Waals surface area contributed by atoms with Crippen LogP contribution >= 0.6 is 0 Å². The number of hydrogen-bond acceptors (Lipinski definition) is 4. The molecule has 2 aromatic rings. The molecule has 3 rings (SSSR count). The zero-order valence-electron chi connectivity index (χ0n) is 12.6. The van der Waals surface area contributed by atoms with Gasteiger partial charge < -0.3 is 9.47 Å². The fourth-order valence-electron chi connectivity index (χ4n) is 2.74. The fraction of sp³-hybridized carbons (Fsp3) is 0.333. The van der Waals surface area contributed by atoms with Crippen LogP contribution in [0.4, 0.5) is 0 Å². The maximum Gasteiger partial charge on any atom is 0.172 e. The molecule has 0 N–H and O–H groups in total. The summed E-state index contributed by atoms with van der Waals surface area (Å²) in [5.41, 5.74) is 3.42. The molecule has 0 bridgehead atoms. The van der Waals surface area contributed by atoms with Crippen LogP contribution in [0.1, 0.15) is 53.0 Å². The normalized spacial score (nSPS) is 16.3. The standard InChI is InChI=1S/C18H19NO3/c1-2-6-17-14-9-19-16(10-20)18(15(14)12-21-17)22-11-13-7-4-3-5-8-13/h3-5,7-10,17H,2,6,11-12H2,1H3. The highest BCUT2D eigenvalue weighted by molar-refractivity contribution is 5.77. The number of benzene rings is 1. The lowest BCUT2D eigenvalue weighted by atomic mass is 10.0. The van der Waals surface area contributed by atoms with Gasteiger partial charge in [0.25, 0.3) is 0 Å². The highest BCUT2D eigenvalue weighted by Gasteiger charge is 2.28. The van der Waals surface area contributed by atoms with Crippen LogP contribution in [0.5, 0.6) is 5.75 Å². The first-order valence-electron chi connectivity index (χ1n) is 7.58. The average Bonchev–Trinajstić information content (AvgIpc) is 2.97. The fourth-order valence-corrected chi connectivity index (χ4v) is 2.74. The lowest BCUT2D eigenvalue weighted by Gasteiger charge is -2.13. The minimum absolute atomic E-state index is 0.0623. The monoisotopic (exact) mass is 297 g/mol. The van der Waals surface area contributed by atoms with Crippen LogP contribution in [0.3, 0.4) is 0 Å². The summed E-state index contributed by atoms with van der Waals surface area (Å²) in [7, 11) is 0. The molecule has 1 aromatic carbocycles. The van der Waals surface area contributed by atoms with E-state index in [2.05, 4.69) is 11.9 Å². The lowest BCUT2D eigenvalue weighted by molar-refractivity contribution is 0.0589. The highest BCUT2D eigenvalue weighted by atomic mass is 16.5. The van der Waals surface area contributed by atoms with E-state index in [0.717, 1.165) is 35.8 Å². The summed E-state index contributed by atoms with van der Waals surface area (Å²) in [6, 6.07) is 9.88. The van der Waals surface area contributed by atoms with E-state index in [4.69, 9.17) is 9.47 Å². The SMILES string of the molecule is CCCC1OCc2c1cnc(C=O)c2OCc1ccccc1. The van der Waals surface area contributed by atoms with Gasteiger partial charge in [-0.25, -0.2) is 4.98 Å². The third kappa shape index (κ3) is 2.88. The molecular formula is C18H19NO3. The van der Waals surface area contributed by atoms with Crippen molar-refractivity contribution in [2.75, 3.05) is 0 Å². The number of carbonyl (C=O) groups is 1. The van der Waals surface area contributed by atoms with Gasteiger partial charge in [-0.1, -0.05) is 43.7 Å². The summed E-state index contributed by atoms with van der Waals surface area (Å²) in [6.45, 7) is 3.02. The molecule has 0 amide bonds. The Morgan fingerprint density at radius 3 is 2.91 bits per heavy atom. The number of aldehydes is 1. The van der Waals surface area contributed by atoms with Crippen molar-refractivity contribution in [2.24, 2.45) is 0 Å². The minimum atomic E-state index is 0.0623. The number of rotatable bonds is 6. The summed E-state index contributed by atoms with van der Waals surface area (Å²) >= 11 is 0. The van der Waals surface area contributed by atoms with E-state index in [1.165, 1.54) is 0 Å². The van der Waals surface area contributed by atoms with E-state index >= 15 is 0 Å². The molecule has 1 aliphatic heterocycles. The molecule has 4 heteroatoms. The number of ether oxygens (including phenoxy) is 2. The number of carbonyl (C=O) groups excluding carboxylic acids is 1. The van der Waals surface area contributed by atoms with E-state index in [0.29, 0.717) is 24.7 Å². The van der Waals surface area contributed by atoms with Crippen LogP contribution in [0.15, 0.2) is 36.5 Å². The van der Waals surface area contributed by atoms with Gasteiger partial charge >= 0.3 is 0 Å². The maximum atomic E-state index is 11.3. The molecule has 4 nitrogen and oxygen atoms in total. The van der Waals surface area contributed by atoms with Crippen molar-refractivity contribution in [3.05, 3.63) is 58.9 Å². The largest absolute Gasteiger partial charge is 0.486 e. The van der Waals surface area contributed by atoms with Crippen LogP contribution in [0.25, 0.3) is 0 Å². The molecule has 1 aliphatic rings. The van der Waals surface area contributed by atoms with Crippen molar-refractivity contribution in [3.8, 4) is 5.75 Å².